The molecule has 0 saturated carbocycles. The lowest BCUT2D eigenvalue weighted by molar-refractivity contribution is -0.177. The van der Waals surface area contributed by atoms with Crippen LogP contribution in [0.25, 0.3) is 0 Å². The van der Waals surface area contributed by atoms with Crippen LogP contribution in [0.4, 0.5) is 0 Å². The minimum absolute atomic E-state index is 0.0662. The standard InChI is InChI=1S/C12H24O.C8H16O.C7H15NO2S/c1-9(2)10-7-11(3,4)13-12(5,6)8-10;1-7(2)8-3-5-9-6-4-8;1-6(2)7-4-8(5-7)11(3,9)10/h9-10H,7-8H2,1-6H3;7-8H,3-6H2,1-2H3;6-7H,4-5H2,1-3H3. The van der Waals surface area contributed by atoms with Crippen LogP contribution in [0.15, 0.2) is 0 Å². The molecule has 0 spiro atoms. The topological polar surface area (TPSA) is 55.8 Å². The highest BCUT2D eigenvalue weighted by Crippen LogP contribution is 2.41. The number of hydrogen-bond donors (Lipinski definition) is 0. The van der Waals surface area contributed by atoms with Gasteiger partial charge in [-0.2, -0.15) is 0 Å². The highest BCUT2D eigenvalue weighted by atomic mass is 32.2. The third-order valence-corrected chi connectivity index (χ3v) is 8.74. The van der Waals surface area contributed by atoms with Gasteiger partial charge in [0, 0.05) is 26.3 Å². The van der Waals surface area contributed by atoms with E-state index in [9.17, 15) is 8.42 Å². The quantitative estimate of drug-likeness (QED) is 0.470. The molecule has 3 saturated heterocycles. The van der Waals surface area contributed by atoms with Gasteiger partial charge >= 0.3 is 0 Å². The lowest BCUT2D eigenvalue weighted by Gasteiger charge is -2.46. The SMILES string of the molecule is CC(C)C1CC(C)(C)OC(C)(C)C1.CC(C)C1CCOCC1.CC(C)C1CN(S(C)(=O)=O)C1. The maximum Gasteiger partial charge on any atom is 0.211 e. The molecule has 3 aliphatic rings. The molecule has 198 valence electrons. The van der Waals surface area contributed by atoms with Crippen molar-refractivity contribution >= 4 is 10.0 Å². The molecule has 3 rings (SSSR count). The highest BCUT2D eigenvalue weighted by Gasteiger charge is 2.40. The Labute approximate surface area is 206 Å². The molecule has 5 nitrogen and oxygen atoms in total. The molecule has 6 heteroatoms. The van der Waals surface area contributed by atoms with Gasteiger partial charge in [0.05, 0.1) is 17.5 Å². The Morgan fingerprint density at radius 3 is 1.42 bits per heavy atom. The van der Waals surface area contributed by atoms with E-state index in [-0.39, 0.29) is 11.2 Å². The zero-order valence-electron chi connectivity index (χ0n) is 23.6. The van der Waals surface area contributed by atoms with E-state index in [1.54, 1.807) is 0 Å². The summed E-state index contributed by atoms with van der Waals surface area (Å²) >= 11 is 0. The smallest absolute Gasteiger partial charge is 0.211 e. The summed E-state index contributed by atoms with van der Waals surface area (Å²) in [6, 6.07) is 0. The van der Waals surface area contributed by atoms with E-state index >= 15 is 0 Å². The Bertz CT molecular complexity index is 642. The average molecular weight is 490 g/mol. The summed E-state index contributed by atoms with van der Waals surface area (Å²) in [4.78, 5) is 0. The Balaban J connectivity index is 0.000000252. The molecule has 0 aliphatic carbocycles. The number of sulfonamides is 1. The molecule has 33 heavy (non-hydrogen) atoms. The van der Waals surface area contributed by atoms with E-state index in [0.29, 0.717) is 11.8 Å². The minimum Gasteiger partial charge on any atom is -0.381 e. The van der Waals surface area contributed by atoms with E-state index < -0.39 is 10.0 Å². The molecule has 3 aliphatic heterocycles. The zero-order valence-corrected chi connectivity index (χ0v) is 24.4. The molecule has 0 aromatic heterocycles. The second kappa shape index (κ2) is 12.7. The van der Waals surface area contributed by atoms with Crippen molar-refractivity contribution in [2.24, 2.45) is 35.5 Å². The first kappa shape index (κ1) is 30.9. The van der Waals surface area contributed by atoms with Gasteiger partial charge < -0.3 is 9.47 Å². The van der Waals surface area contributed by atoms with Crippen LogP contribution in [0.3, 0.4) is 0 Å². The molecule has 0 bridgehead atoms. The van der Waals surface area contributed by atoms with Crippen LogP contribution in [0.2, 0.25) is 0 Å². The first-order valence-electron chi connectivity index (χ1n) is 13.2. The van der Waals surface area contributed by atoms with Crippen molar-refractivity contribution in [2.75, 3.05) is 32.6 Å². The lowest BCUT2D eigenvalue weighted by Crippen LogP contribution is -2.51. The summed E-state index contributed by atoms with van der Waals surface area (Å²) < 4.78 is 34.6. The molecule has 0 radical (unpaired) electrons. The maximum atomic E-state index is 10.9. The highest BCUT2D eigenvalue weighted by molar-refractivity contribution is 7.88. The second-order valence-electron chi connectivity index (χ2n) is 12.8. The molecule has 0 aromatic carbocycles. The zero-order chi connectivity index (χ0) is 25.6. The monoisotopic (exact) mass is 489 g/mol. The van der Waals surface area contributed by atoms with Crippen molar-refractivity contribution in [1.82, 2.24) is 4.31 Å². The van der Waals surface area contributed by atoms with Crippen molar-refractivity contribution < 1.29 is 17.9 Å². The Kier molecular flexibility index (Phi) is 11.9. The molecule has 0 aromatic rings. The third-order valence-electron chi connectivity index (χ3n) is 7.50. The van der Waals surface area contributed by atoms with E-state index in [4.69, 9.17) is 9.47 Å². The lowest BCUT2D eigenvalue weighted by atomic mass is 9.75. The number of nitrogens with zero attached hydrogens (tertiary/aromatic N) is 1. The van der Waals surface area contributed by atoms with Crippen LogP contribution in [0.1, 0.15) is 94.9 Å². The van der Waals surface area contributed by atoms with Crippen molar-refractivity contribution in [3.63, 3.8) is 0 Å². The maximum absolute atomic E-state index is 10.9. The van der Waals surface area contributed by atoms with Crippen LogP contribution < -0.4 is 0 Å². The van der Waals surface area contributed by atoms with E-state index in [0.717, 1.165) is 50.0 Å². The number of hydrogen-bond acceptors (Lipinski definition) is 4. The Morgan fingerprint density at radius 1 is 0.727 bits per heavy atom. The fraction of sp³-hybridized carbons (Fsp3) is 1.00. The minimum atomic E-state index is -2.90. The predicted octanol–water partition coefficient (Wildman–Crippen LogP) is 6.23. The van der Waals surface area contributed by atoms with E-state index in [2.05, 4.69) is 69.2 Å². The van der Waals surface area contributed by atoms with Gasteiger partial charge in [0.15, 0.2) is 0 Å². The second-order valence-corrected chi connectivity index (χ2v) is 14.8. The van der Waals surface area contributed by atoms with Gasteiger partial charge in [0.25, 0.3) is 0 Å². The van der Waals surface area contributed by atoms with Gasteiger partial charge in [-0.3, -0.25) is 0 Å². The van der Waals surface area contributed by atoms with Crippen molar-refractivity contribution in [3.8, 4) is 0 Å². The number of ether oxygens (including phenoxy) is 2. The first-order valence-corrected chi connectivity index (χ1v) is 15.0. The molecule has 0 atom stereocenters. The van der Waals surface area contributed by atoms with Crippen LogP contribution in [0, 0.1) is 35.5 Å². The average Bonchev–Trinajstić information content (AvgIpc) is 2.58. The Hall–Kier alpha value is -0.170. The van der Waals surface area contributed by atoms with Gasteiger partial charge in [-0.15, -0.1) is 0 Å². The predicted molar refractivity (Wildman–Crippen MR) is 140 cm³/mol. The third kappa shape index (κ3) is 11.4. The molecule has 0 unspecified atom stereocenters. The van der Waals surface area contributed by atoms with Crippen LogP contribution >= 0.6 is 0 Å². The van der Waals surface area contributed by atoms with Crippen LogP contribution in [-0.2, 0) is 19.5 Å². The summed E-state index contributed by atoms with van der Waals surface area (Å²) in [7, 11) is -2.90. The summed E-state index contributed by atoms with van der Waals surface area (Å²) in [6.07, 6.45) is 6.22. The van der Waals surface area contributed by atoms with Crippen molar-refractivity contribution in [1.29, 1.82) is 0 Å². The van der Waals surface area contributed by atoms with Gasteiger partial charge in [-0.05, 0) is 88.9 Å². The van der Waals surface area contributed by atoms with Crippen LogP contribution in [-0.4, -0.2) is 56.5 Å². The fourth-order valence-electron chi connectivity index (χ4n) is 5.18. The van der Waals surface area contributed by atoms with Gasteiger partial charge in [0.2, 0.25) is 10.0 Å². The van der Waals surface area contributed by atoms with Gasteiger partial charge in [-0.1, -0.05) is 41.5 Å². The molecular formula is C27H55NO4S. The Morgan fingerprint density at radius 2 is 1.12 bits per heavy atom. The van der Waals surface area contributed by atoms with Gasteiger partial charge in [-0.25, -0.2) is 12.7 Å². The molecule has 0 amide bonds. The molecular weight excluding hydrogens is 434 g/mol. The fourth-order valence-corrected chi connectivity index (χ4v) is 6.11. The molecule has 0 N–H and O–H groups in total. The normalized spacial score (nSPS) is 24.7. The van der Waals surface area contributed by atoms with E-state index in [1.165, 1.54) is 36.2 Å². The van der Waals surface area contributed by atoms with Crippen molar-refractivity contribution in [2.45, 2.75) is 106 Å². The molecule has 3 fully saturated rings. The summed E-state index contributed by atoms with van der Waals surface area (Å²) in [6.45, 7) is 25.8. The summed E-state index contributed by atoms with van der Waals surface area (Å²) in [5, 5.41) is 0. The number of rotatable bonds is 4. The van der Waals surface area contributed by atoms with Crippen molar-refractivity contribution in [3.05, 3.63) is 0 Å². The first-order chi connectivity index (χ1) is 14.9. The summed E-state index contributed by atoms with van der Waals surface area (Å²) in [5.41, 5.74) is 0.132. The largest absolute Gasteiger partial charge is 0.381 e. The molecule has 3 heterocycles. The van der Waals surface area contributed by atoms with E-state index in [1.807, 2.05) is 0 Å². The summed E-state index contributed by atoms with van der Waals surface area (Å²) in [5.74, 6) is 4.56. The van der Waals surface area contributed by atoms with Crippen LogP contribution in [0.5, 0.6) is 0 Å². The van der Waals surface area contributed by atoms with Gasteiger partial charge in [0.1, 0.15) is 0 Å².